The third kappa shape index (κ3) is 3.19. The number of aromatic nitrogens is 1. The molecule has 1 aromatic heterocycles. The van der Waals surface area contributed by atoms with E-state index in [1.54, 1.807) is 24.1 Å². The van der Waals surface area contributed by atoms with Gasteiger partial charge in [-0.25, -0.2) is 9.37 Å². The van der Waals surface area contributed by atoms with Gasteiger partial charge in [0.05, 0.1) is 5.69 Å². The first-order valence-electron chi connectivity index (χ1n) is 7.64. The fraction of sp³-hybridized carbons (Fsp3) is 0.412. The maximum Gasteiger partial charge on any atom is 0.231 e. The number of halogens is 1. The normalized spacial score (nSPS) is 15.7. The molecule has 3 rings (SSSR count). The zero-order valence-electron chi connectivity index (χ0n) is 12.6. The van der Waals surface area contributed by atoms with Crippen molar-refractivity contribution in [3.63, 3.8) is 0 Å². The molecule has 1 aromatic carbocycles. The van der Waals surface area contributed by atoms with Crippen molar-refractivity contribution in [2.24, 2.45) is 5.92 Å². The van der Waals surface area contributed by atoms with Crippen LogP contribution in [0.2, 0.25) is 0 Å². The molecule has 1 aliphatic carbocycles. The zero-order chi connectivity index (χ0) is 15.5. The molecule has 0 unspecified atom stereocenters. The van der Waals surface area contributed by atoms with Crippen molar-refractivity contribution in [1.29, 1.82) is 0 Å². The molecule has 0 N–H and O–H groups in total. The summed E-state index contributed by atoms with van der Waals surface area (Å²) >= 11 is 1.45. The van der Waals surface area contributed by atoms with Crippen LogP contribution in [0.1, 0.15) is 32.1 Å². The molecule has 0 saturated heterocycles. The summed E-state index contributed by atoms with van der Waals surface area (Å²) in [6, 6.07) is 6.25. The second kappa shape index (κ2) is 6.57. The molecule has 2 aromatic rings. The number of benzene rings is 1. The van der Waals surface area contributed by atoms with Gasteiger partial charge in [0.2, 0.25) is 5.91 Å². The average Bonchev–Trinajstić information content (AvgIpc) is 3.05. The van der Waals surface area contributed by atoms with Crippen LogP contribution in [0.15, 0.2) is 29.6 Å². The number of amides is 1. The summed E-state index contributed by atoms with van der Waals surface area (Å²) < 4.78 is 13.0. The summed E-state index contributed by atoms with van der Waals surface area (Å²) in [7, 11) is 1.80. The molecule has 1 heterocycles. The van der Waals surface area contributed by atoms with Crippen LogP contribution in [-0.2, 0) is 4.79 Å². The molecule has 0 radical (unpaired) electrons. The molecule has 1 amide bonds. The Hall–Kier alpha value is -1.75. The van der Waals surface area contributed by atoms with E-state index in [0.29, 0.717) is 5.13 Å². The first kappa shape index (κ1) is 15.2. The lowest BCUT2D eigenvalue weighted by Gasteiger charge is -2.24. The largest absolute Gasteiger partial charge is 0.291 e. The highest BCUT2D eigenvalue weighted by Crippen LogP contribution is 2.30. The minimum absolute atomic E-state index is 0.136. The van der Waals surface area contributed by atoms with Crippen LogP contribution in [0, 0.1) is 11.7 Å². The van der Waals surface area contributed by atoms with Crippen LogP contribution >= 0.6 is 11.3 Å². The van der Waals surface area contributed by atoms with Gasteiger partial charge in [0.15, 0.2) is 5.13 Å². The maximum absolute atomic E-state index is 13.0. The molecule has 0 bridgehead atoms. The van der Waals surface area contributed by atoms with Gasteiger partial charge >= 0.3 is 0 Å². The molecule has 0 spiro atoms. The molecule has 3 nitrogen and oxygen atoms in total. The molecule has 116 valence electrons. The maximum atomic E-state index is 13.0. The summed E-state index contributed by atoms with van der Waals surface area (Å²) in [6.45, 7) is 0. The van der Waals surface area contributed by atoms with Crippen LogP contribution in [-0.4, -0.2) is 17.9 Å². The monoisotopic (exact) mass is 318 g/mol. The van der Waals surface area contributed by atoms with Gasteiger partial charge in [0.25, 0.3) is 0 Å². The topological polar surface area (TPSA) is 33.2 Å². The van der Waals surface area contributed by atoms with Crippen molar-refractivity contribution in [3.8, 4) is 11.3 Å². The summed E-state index contributed by atoms with van der Waals surface area (Å²) in [5.74, 6) is 0.0421. The minimum Gasteiger partial charge on any atom is -0.291 e. The van der Waals surface area contributed by atoms with E-state index in [9.17, 15) is 9.18 Å². The van der Waals surface area contributed by atoms with E-state index >= 15 is 0 Å². The van der Waals surface area contributed by atoms with Gasteiger partial charge in [0, 0.05) is 23.9 Å². The van der Waals surface area contributed by atoms with Crippen molar-refractivity contribution in [3.05, 3.63) is 35.5 Å². The van der Waals surface area contributed by atoms with E-state index in [4.69, 9.17) is 0 Å². The van der Waals surface area contributed by atoms with E-state index in [2.05, 4.69) is 4.98 Å². The number of rotatable bonds is 3. The SMILES string of the molecule is CN(C(=O)C1CCCCC1)c1nc(-c2ccc(F)cc2)cs1. The number of anilines is 1. The highest BCUT2D eigenvalue weighted by Gasteiger charge is 2.26. The van der Waals surface area contributed by atoms with E-state index in [1.165, 1.54) is 29.9 Å². The van der Waals surface area contributed by atoms with Crippen molar-refractivity contribution < 1.29 is 9.18 Å². The third-order valence-corrected chi connectivity index (χ3v) is 5.12. The lowest BCUT2D eigenvalue weighted by molar-refractivity contribution is -0.123. The fourth-order valence-corrected chi connectivity index (χ4v) is 3.69. The first-order valence-corrected chi connectivity index (χ1v) is 8.52. The van der Waals surface area contributed by atoms with Crippen LogP contribution in [0.4, 0.5) is 9.52 Å². The molecule has 0 aliphatic heterocycles. The van der Waals surface area contributed by atoms with Gasteiger partial charge in [0.1, 0.15) is 5.82 Å². The van der Waals surface area contributed by atoms with Gasteiger partial charge in [-0.05, 0) is 37.1 Å². The van der Waals surface area contributed by atoms with Gasteiger partial charge in [-0.15, -0.1) is 11.3 Å². The van der Waals surface area contributed by atoms with Gasteiger partial charge < -0.3 is 0 Å². The molecule has 1 aliphatic rings. The molecule has 0 atom stereocenters. The van der Waals surface area contributed by atoms with Crippen LogP contribution in [0.25, 0.3) is 11.3 Å². The second-order valence-corrected chi connectivity index (χ2v) is 6.59. The van der Waals surface area contributed by atoms with Gasteiger partial charge in [-0.3, -0.25) is 9.69 Å². The van der Waals surface area contributed by atoms with E-state index in [-0.39, 0.29) is 17.6 Å². The number of thiazole rings is 1. The van der Waals surface area contributed by atoms with Gasteiger partial charge in [-0.2, -0.15) is 0 Å². The Morgan fingerprint density at radius 1 is 1.23 bits per heavy atom. The standard InChI is InChI=1S/C17H19FN2OS/c1-20(16(21)13-5-3-2-4-6-13)17-19-15(11-22-17)12-7-9-14(18)10-8-12/h7-11,13H,2-6H2,1H3. The Kier molecular flexibility index (Phi) is 4.52. The van der Waals surface area contributed by atoms with E-state index in [0.717, 1.165) is 36.9 Å². The van der Waals surface area contributed by atoms with Crippen LogP contribution < -0.4 is 4.90 Å². The van der Waals surface area contributed by atoms with Crippen molar-refractivity contribution in [2.45, 2.75) is 32.1 Å². The number of carbonyl (C=O) groups excluding carboxylic acids is 1. The van der Waals surface area contributed by atoms with Gasteiger partial charge in [-0.1, -0.05) is 19.3 Å². The number of hydrogen-bond acceptors (Lipinski definition) is 3. The lowest BCUT2D eigenvalue weighted by atomic mass is 9.88. The molecular weight excluding hydrogens is 299 g/mol. The quantitative estimate of drug-likeness (QED) is 0.835. The number of hydrogen-bond donors (Lipinski definition) is 0. The van der Waals surface area contributed by atoms with Crippen LogP contribution in [0.5, 0.6) is 0 Å². The number of carbonyl (C=O) groups is 1. The predicted molar refractivity (Wildman–Crippen MR) is 87.5 cm³/mol. The lowest BCUT2D eigenvalue weighted by Crippen LogP contribution is -2.33. The fourth-order valence-electron chi connectivity index (χ4n) is 2.89. The second-order valence-electron chi connectivity index (χ2n) is 5.75. The van der Waals surface area contributed by atoms with Crippen molar-refractivity contribution in [2.75, 3.05) is 11.9 Å². The Morgan fingerprint density at radius 3 is 2.59 bits per heavy atom. The smallest absolute Gasteiger partial charge is 0.231 e. The summed E-state index contributed by atoms with van der Waals surface area (Å²) in [6.07, 6.45) is 5.49. The number of nitrogens with zero attached hydrogens (tertiary/aromatic N) is 2. The highest BCUT2D eigenvalue weighted by atomic mass is 32.1. The van der Waals surface area contributed by atoms with Crippen LogP contribution in [0.3, 0.4) is 0 Å². The van der Waals surface area contributed by atoms with Crippen molar-refractivity contribution >= 4 is 22.4 Å². The highest BCUT2D eigenvalue weighted by molar-refractivity contribution is 7.14. The Bertz CT molecular complexity index is 647. The molecular formula is C17H19FN2OS. The Labute approximate surface area is 133 Å². The summed E-state index contributed by atoms with van der Waals surface area (Å²) in [4.78, 5) is 18.7. The Morgan fingerprint density at radius 2 is 1.91 bits per heavy atom. The molecule has 22 heavy (non-hydrogen) atoms. The van der Waals surface area contributed by atoms with E-state index < -0.39 is 0 Å². The predicted octanol–water partition coefficient (Wildman–Crippen LogP) is 4.49. The summed E-state index contributed by atoms with van der Waals surface area (Å²) in [5, 5.41) is 2.61. The molecule has 1 fully saturated rings. The van der Waals surface area contributed by atoms with Crippen molar-refractivity contribution in [1.82, 2.24) is 4.98 Å². The average molecular weight is 318 g/mol. The Balaban J connectivity index is 1.74. The summed E-state index contributed by atoms with van der Waals surface area (Å²) in [5.41, 5.74) is 1.64. The molecule has 1 saturated carbocycles. The van der Waals surface area contributed by atoms with E-state index in [1.807, 2.05) is 5.38 Å². The molecule has 5 heteroatoms. The third-order valence-electron chi connectivity index (χ3n) is 4.20. The minimum atomic E-state index is -0.260. The zero-order valence-corrected chi connectivity index (χ0v) is 13.4. The first-order chi connectivity index (χ1) is 10.6.